The lowest BCUT2D eigenvalue weighted by Gasteiger charge is -2.20. The third-order valence-corrected chi connectivity index (χ3v) is 3.56. The van der Waals surface area contributed by atoms with Crippen LogP contribution < -0.4 is 10.5 Å². The number of nitrogens with two attached hydrogens (primary N) is 1. The number of carbonyl (C=O) groups is 2. The molecule has 5 heteroatoms. The highest BCUT2D eigenvalue weighted by atomic mass is 16.5. The lowest BCUT2D eigenvalue weighted by Crippen LogP contribution is -2.36. The Morgan fingerprint density at radius 3 is 3.06 bits per heavy atom. The third kappa shape index (κ3) is 1.63. The molecule has 0 aliphatic carbocycles. The second-order valence-corrected chi connectivity index (χ2v) is 4.68. The first-order valence-electron chi connectivity index (χ1n) is 6.04. The van der Waals surface area contributed by atoms with Crippen molar-refractivity contribution in [3.63, 3.8) is 0 Å². The lowest BCUT2D eigenvalue weighted by molar-refractivity contribution is 0.0726. The summed E-state index contributed by atoms with van der Waals surface area (Å²) in [6, 6.07) is 4.92. The summed E-state index contributed by atoms with van der Waals surface area (Å²) in [4.78, 5) is 25.4. The summed E-state index contributed by atoms with van der Waals surface area (Å²) in [5, 5.41) is 0. The summed E-state index contributed by atoms with van der Waals surface area (Å²) in [5.41, 5.74) is 6.01. The van der Waals surface area contributed by atoms with E-state index in [9.17, 15) is 9.59 Å². The van der Waals surface area contributed by atoms with Crippen LogP contribution in [-0.4, -0.2) is 35.9 Å². The number of rotatable bonds is 1. The van der Waals surface area contributed by atoms with Crippen LogP contribution in [0.4, 0.5) is 0 Å². The van der Waals surface area contributed by atoms with Crippen molar-refractivity contribution in [1.29, 1.82) is 0 Å². The summed E-state index contributed by atoms with van der Waals surface area (Å²) in [6.07, 6.45) is 1.98. The fourth-order valence-electron chi connectivity index (χ4n) is 2.59. The first kappa shape index (κ1) is 11.1. The molecule has 0 unspecified atom stereocenters. The highest BCUT2D eigenvalue weighted by molar-refractivity contribution is 6.01. The maximum absolute atomic E-state index is 12.4. The molecular formula is C13H14N2O3. The second-order valence-electron chi connectivity index (χ2n) is 4.68. The van der Waals surface area contributed by atoms with Crippen molar-refractivity contribution in [2.24, 2.45) is 5.73 Å². The van der Waals surface area contributed by atoms with E-state index >= 15 is 0 Å². The Labute approximate surface area is 105 Å². The van der Waals surface area contributed by atoms with Gasteiger partial charge >= 0.3 is 0 Å². The minimum absolute atomic E-state index is 0.0619. The summed E-state index contributed by atoms with van der Waals surface area (Å²) < 4.78 is 5.65. The molecular weight excluding hydrogens is 232 g/mol. The molecule has 1 atom stereocenters. The molecule has 3 rings (SSSR count). The Bertz CT molecular complexity index is 527. The van der Waals surface area contributed by atoms with Crippen LogP contribution in [0.3, 0.4) is 0 Å². The summed E-state index contributed by atoms with van der Waals surface area (Å²) in [7, 11) is 0. The van der Waals surface area contributed by atoms with E-state index in [1.165, 1.54) is 6.07 Å². The van der Waals surface area contributed by atoms with Crippen LogP contribution in [0.25, 0.3) is 0 Å². The zero-order valence-corrected chi connectivity index (χ0v) is 9.89. The van der Waals surface area contributed by atoms with Gasteiger partial charge < -0.3 is 15.4 Å². The van der Waals surface area contributed by atoms with E-state index < -0.39 is 5.91 Å². The first-order chi connectivity index (χ1) is 8.66. The fourth-order valence-corrected chi connectivity index (χ4v) is 2.59. The minimum Gasteiger partial charge on any atom is -0.491 e. The van der Waals surface area contributed by atoms with E-state index in [-0.39, 0.29) is 11.9 Å². The number of ether oxygens (including phenoxy) is 1. The molecule has 1 aromatic carbocycles. The molecule has 1 fully saturated rings. The largest absolute Gasteiger partial charge is 0.491 e. The van der Waals surface area contributed by atoms with Crippen LogP contribution in [0, 0.1) is 0 Å². The molecule has 2 aliphatic rings. The van der Waals surface area contributed by atoms with Crippen molar-refractivity contribution in [2.45, 2.75) is 18.9 Å². The smallest absolute Gasteiger partial charge is 0.258 e. The van der Waals surface area contributed by atoms with E-state index in [0.29, 0.717) is 23.5 Å². The average molecular weight is 246 g/mol. The molecule has 2 N–H and O–H groups in total. The quantitative estimate of drug-likeness (QED) is 0.796. The molecule has 0 aromatic heterocycles. The number of nitrogens with zero attached hydrogens (tertiary/aromatic N) is 1. The standard InChI is InChI=1S/C13H14N2O3/c14-12(16)8-3-4-11-10(6-8)13(17)15-5-1-2-9(15)7-18-11/h3-4,6,9H,1-2,5,7H2,(H2,14,16)/t9-/m0/s1. The molecule has 2 amide bonds. The Kier molecular flexibility index (Phi) is 2.47. The van der Waals surface area contributed by atoms with Crippen LogP contribution >= 0.6 is 0 Å². The Morgan fingerprint density at radius 1 is 1.44 bits per heavy atom. The van der Waals surface area contributed by atoms with Gasteiger partial charge in [0.1, 0.15) is 12.4 Å². The van der Waals surface area contributed by atoms with E-state index in [1.54, 1.807) is 12.1 Å². The molecule has 0 bridgehead atoms. The summed E-state index contributed by atoms with van der Waals surface area (Å²) in [5.74, 6) is -0.0553. The van der Waals surface area contributed by atoms with Gasteiger partial charge in [-0.3, -0.25) is 9.59 Å². The SMILES string of the molecule is NC(=O)c1ccc2c(c1)C(=O)N1CCC[C@H]1CO2. The topological polar surface area (TPSA) is 72.6 Å². The Morgan fingerprint density at radius 2 is 2.28 bits per heavy atom. The first-order valence-corrected chi connectivity index (χ1v) is 6.04. The third-order valence-electron chi connectivity index (χ3n) is 3.56. The highest BCUT2D eigenvalue weighted by Crippen LogP contribution is 2.30. The molecule has 2 heterocycles. The molecule has 18 heavy (non-hydrogen) atoms. The van der Waals surface area contributed by atoms with Crippen molar-refractivity contribution >= 4 is 11.8 Å². The van der Waals surface area contributed by atoms with Gasteiger partial charge in [0.05, 0.1) is 11.6 Å². The van der Waals surface area contributed by atoms with Crippen LogP contribution in [0.15, 0.2) is 18.2 Å². The van der Waals surface area contributed by atoms with Gasteiger partial charge in [-0.1, -0.05) is 0 Å². The van der Waals surface area contributed by atoms with Gasteiger partial charge in [-0.15, -0.1) is 0 Å². The maximum Gasteiger partial charge on any atom is 0.258 e. The van der Waals surface area contributed by atoms with Crippen LogP contribution in [-0.2, 0) is 0 Å². The Balaban J connectivity index is 2.05. The molecule has 5 nitrogen and oxygen atoms in total. The molecule has 94 valence electrons. The van der Waals surface area contributed by atoms with E-state index in [4.69, 9.17) is 10.5 Å². The highest BCUT2D eigenvalue weighted by Gasteiger charge is 2.34. The van der Waals surface area contributed by atoms with Gasteiger partial charge in [0.25, 0.3) is 5.91 Å². The average Bonchev–Trinajstić information content (AvgIpc) is 2.79. The van der Waals surface area contributed by atoms with Gasteiger partial charge in [0, 0.05) is 12.1 Å². The van der Waals surface area contributed by atoms with Crippen LogP contribution in [0.1, 0.15) is 33.6 Å². The minimum atomic E-state index is -0.534. The number of hydrogen-bond donors (Lipinski definition) is 1. The van der Waals surface area contributed by atoms with Crippen molar-refractivity contribution < 1.29 is 14.3 Å². The fraction of sp³-hybridized carbons (Fsp3) is 0.385. The predicted octanol–water partition coefficient (Wildman–Crippen LogP) is 0.782. The molecule has 1 aromatic rings. The summed E-state index contributed by atoms with van der Waals surface area (Å²) in [6.45, 7) is 1.28. The maximum atomic E-state index is 12.4. The molecule has 0 radical (unpaired) electrons. The van der Waals surface area contributed by atoms with E-state index in [1.807, 2.05) is 4.90 Å². The number of carbonyl (C=O) groups excluding carboxylic acids is 2. The van der Waals surface area contributed by atoms with Gasteiger partial charge in [0.2, 0.25) is 5.91 Å². The number of primary amides is 1. The van der Waals surface area contributed by atoms with Gasteiger partial charge in [-0.05, 0) is 31.0 Å². The van der Waals surface area contributed by atoms with Crippen molar-refractivity contribution in [1.82, 2.24) is 4.90 Å². The van der Waals surface area contributed by atoms with Crippen LogP contribution in [0.5, 0.6) is 5.75 Å². The monoisotopic (exact) mass is 246 g/mol. The van der Waals surface area contributed by atoms with E-state index in [0.717, 1.165) is 19.4 Å². The Hall–Kier alpha value is -2.04. The lowest BCUT2D eigenvalue weighted by atomic mass is 10.1. The van der Waals surface area contributed by atoms with Crippen molar-refractivity contribution in [2.75, 3.05) is 13.2 Å². The van der Waals surface area contributed by atoms with Crippen LogP contribution in [0.2, 0.25) is 0 Å². The van der Waals surface area contributed by atoms with Gasteiger partial charge in [0.15, 0.2) is 0 Å². The van der Waals surface area contributed by atoms with Gasteiger partial charge in [-0.25, -0.2) is 0 Å². The molecule has 0 saturated carbocycles. The number of benzene rings is 1. The number of fused-ring (bicyclic) bond motifs is 2. The van der Waals surface area contributed by atoms with Gasteiger partial charge in [-0.2, -0.15) is 0 Å². The van der Waals surface area contributed by atoms with Crippen molar-refractivity contribution in [3.05, 3.63) is 29.3 Å². The molecule has 0 spiro atoms. The second kappa shape index (κ2) is 4.01. The number of hydrogen-bond acceptors (Lipinski definition) is 3. The zero-order chi connectivity index (χ0) is 12.7. The number of amides is 2. The molecule has 1 saturated heterocycles. The van der Waals surface area contributed by atoms with E-state index in [2.05, 4.69) is 0 Å². The van der Waals surface area contributed by atoms with Crippen molar-refractivity contribution in [3.8, 4) is 5.75 Å². The normalized spacial score (nSPS) is 21.9. The predicted molar refractivity (Wildman–Crippen MR) is 64.5 cm³/mol. The summed E-state index contributed by atoms with van der Waals surface area (Å²) >= 11 is 0. The zero-order valence-electron chi connectivity index (χ0n) is 9.89. The molecule has 2 aliphatic heterocycles.